The Morgan fingerprint density at radius 1 is 1.38 bits per heavy atom. The zero-order chi connectivity index (χ0) is 12.2. The Morgan fingerprint density at radius 2 is 2.06 bits per heavy atom. The second kappa shape index (κ2) is 5.20. The van der Waals surface area contributed by atoms with E-state index < -0.39 is 19.2 Å². The smallest absolute Gasteiger partial charge is 0.392 e. The number of hydrogen-bond donors (Lipinski definition) is 0. The fourth-order valence-corrected chi connectivity index (χ4v) is 1.08. The molecule has 1 heterocycles. The molecule has 1 aromatic rings. The number of ether oxygens (including phenoxy) is 2. The lowest BCUT2D eigenvalue weighted by Gasteiger charge is -2.10. The standard InChI is InChI=1S/C8H8ClF3N2O2/c1-15-5-6(9)13-4-14-7(5)16-3-2-8(10,11)12/h4H,2-3H2,1H3. The molecule has 1 aromatic heterocycles. The van der Waals surface area contributed by atoms with Crippen LogP contribution in [0.2, 0.25) is 5.15 Å². The third-order valence-electron chi connectivity index (χ3n) is 1.56. The van der Waals surface area contributed by atoms with Crippen molar-refractivity contribution < 1.29 is 22.6 Å². The Bertz CT molecular complexity index is 360. The van der Waals surface area contributed by atoms with Gasteiger partial charge in [0.25, 0.3) is 5.88 Å². The maximum Gasteiger partial charge on any atom is 0.392 e. The van der Waals surface area contributed by atoms with Crippen LogP contribution in [0.25, 0.3) is 0 Å². The van der Waals surface area contributed by atoms with Gasteiger partial charge < -0.3 is 9.47 Å². The third kappa shape index (κ3) is 3.73. The van der Waals surface area contributed by atoms with Crippen molar-refractivity contribution in [1.29, 1.82) is 0 Å². The van der Waals surface area contributed by atoms with Crippen LogP contribution in [0.5, 0.6) is 11.6 Å². The minimum absolute atomic E-state index is 0.0143. The summed E-state index contributed by atoms with van der Waals surface area (Å²) in [5.41, 5.74) is 0. The Balaban J connectivity index is 2.64. The zero-order valence-electron chi connectivity index (χ0n) is 8.21. The van der Waals surface area contributed by atoms with Gasteiger partial charge in [0, 0.05) is 0 Å². The molecule has 0 saturated heterocycles. The first kappa shape index (κ1) is 12.8. The van der Waals surface area contributed by atoms with Crippen LogP contribution in [-0.2, 0) is 0 Å². The van der Waals surface area contributed by atoms with E-state index in [1.165, 1.54) is 7.11 Å². The van der Waals surface area contributed by atoms with Gasteiger partial charge in [-0.25, -0.2) is 4.98 Å². The van der Waals surface area contributed by atoms with Gasteiger partial charge in [0.2, 0.25) is 5.75 Å². The largest absolute Gasteiger partial charge is 0.489 e. The van der Waals surface area contributed by atoms with Crippen molar-refractivity contribution >= 4 is 11.6 Å². The second-order valence-electron chi connectivity index (χ2n) is 2.72. The number of halogens is 4. The van der Waals surface area contributed by atoms with Crippen LogP contribution in [0.3, 0.4) is 0 Å². The summed E-state index contributed by atoms with van der Waals surface area (Å²) in [6.45, 7) is -0.548. The molecule has 0 aliphatic heterocycles. The Kier molecular flexibility index (Phi) is 4.17. The summed E-state index contributed by atoms with van der Waals surface area (Å²) in [6.07, 6.45) is -4.27. The molecule has 0 unspecified atom stereocenters. The predicted octanol–water partition coefficient (Wildman–Crippen LogP) is 2.47. The Hall–Kier alpha value is -1.24. The van der Waals surface area contributed by atoms with Crippen molar-refractivity contribution in [2.75, 3.05) is 13.7 Å². The second-order valence-corrected chi connectivity index (χ2v) is 3.07. The van der Waals surface area contributed by atoms with Crippen molar-refractivity contribution in [1.82, 2.24) is 9.97 Å². The fourth-order valence-electron chi connectivity index (χ4n) is 0.875. The molecule has 0 fully saturated rings. The molecular formula is C8H8ClF3N2O2. The molecule has 4 nitrogen and oxygen atoms in total. The first-order valence-electron chi connectivity index (χ1n) is 4.18. The molecule has 0 spiro atoms. The van der Waals surface area contributed by atoms with Crippen LogP contribution in [-0.4, -0.2) is 29.9 Å². The van der Waals surface area contributed by atoms with E-state index in [9.17, 15) is 13.2 Å². The molecule has 0 N–H and O–H groups in total. The van der Waals surface area contributed by atoms with E-state index in [2.05, 4.69) is 9.97 Å². The summed E-state index contributed by atoms with van der Waals surface area (Å²) in [7, 11) is 1.29. The van der Waals surface area contributed by atoms with Gasteiger partial charge in [-0.15, -0.1) is 0 Å². The highest BCUT2D eigenvalue weighted by atomic mass is 35.5. The van der Waals surface area contributed by atoms with Crippen LogP contribution in [0.4, 0.5) is 13.2 Å². The fraction of sp³-hybridized carbons (Fsp3) is 0.500. The Morgan fingerprint density at radius 3 is 2.62 bits per heavy atom. The van der Waals surface area contributed by atoms with Gasteiger partial charge in [0.05, 0.1) is 20.1 Å². The van der Waals surface area contributed by atoms with E-state index in [4.69, 9.17) is 21.1 Å². The van der Waals surface area contributed by atoms with E-state index in [1.807, 2.05) is 0 Å². The molecule has 90 valence electrons. The quantitative estimate of drug-likeness (QED) is 0.777. The minimum atomic E-state index is -4.27. The molecule has 0 amide bonds. The van der Waals surface area contributed by atoms with Crippen LogP contribution < -0.4 is 9.47 Å². The average molecular weight is 257 g/mol. The first-order chi connectivity index (χ1) is 7.44. The van der Waals surface area contributed by atoms with Crippen LogP contribution in [0, 0.1) is 0 Å². The average Bonchev–Trinajstić information content (AvgIpc) is 2.16. The summed E-state index contributed by atoms with van der Waals surface area (Å²) >= 11 is 5.62. The molecule has 0 bridgehead atoms. The molecule has 0 aliphatic carbocycles. The van der Waals surface area contributed by atoms with Crippen molar-refractivity contribution in [3.8, 4) is 11.6 Å². The normalized spacial score (nSPS) is 11.3. The molecule has 0 radical (unpaired) electrons. The highest BCUT2D eigenvalue weighted by Crippen LogP contribution is 2.30. The molecule has 0 aliphatic rings. The number of hydrogen-bond acceptors (Lipinski definition) is 4. The molecule has 0 saturated carbocycles. The highest BCUT2D eigenvalue weighted by molar-refractivity contribution is 6.31. The molecule has 0 aromatic carbocycles. The number of methoxy groups -OCH3 is 1. The maximum absolute atomic E-state index is 11.9. The molecule has 1 rings (SSSR count). The van der Waals surface area contributed by atoms with Gasteiger partial charge in [-0.3, -0.25) is 0 Å². The van der Waals surface area contributed by atoms with Crippen molar-refractivity contribution in [3.05, 3.63) is 11.5 Å². The summed E-state index contributed by atoms with van der Waals surface area (Å²) in [6, 6.07) is 0. The lowest BCUT2D eigenvalue weighted by atomic mass is 10.4. The SMILES string of the molecule is COc1c(Cl)ncnc1OCCC(F)(F)F. The molecule has 16 heavy (non-hydrogen) atoms. The molecule has 8 heteroatoms. The van der Waals surface area contributed by atoms with Crippen LogP contribution >= 0.6 is 11.6 Å². The first-order valence-corrected chi connectivity index (χ1v) is 4.56. The number of rotatable bonds is 4. The summed E-state index contributed by atoms with van der Waals surface area (Å²) in [4.78, 5) is 7.21. The molecule has 0 atom stereocenters. The van der Waals surface area contributed by atoms with Gasteiger partial charge in [0.15, 0.2) is 5.15 Å². The third-order valence-corrected chi connectivity index (χ3v) is 1.83. The van der Waals surface area contributed by atoms with Crippen molar-refractivity contribution in [3.63, 3.8) is 0 Å². The summed E-state index contributed by atoms with van der Waals surface area (Å²) < 4.78 is 45.1. The van der Waals surface area contributed by atoms with Gasteiger partial charge in [-0.05, 0) is 0 Å². The summed E-state index contributed by atoms with van der Waals surface area (Å²) in [5.74, 6) is -0.0851. The summed E-state index contributed by atoms with van der Waals surface area (Å²) in [5, 5.41) is -0.0143. The van der Waals surface area contributed by atoms with E-state index >= 15 is 0 Å². The molecular weight excluding hydrogens is 249 g/mol. The highest BCUT2D eigenvalue weighted by Gasteiger charge is 2.27. The zero-order valence-corrected chi connectivity index (χ0v) is 8.97. The van der Waals surface area contributed by atoms with E-state index in [0.717, 1.165) is 6.33 Å². The van der Waals surface area contributed by atoms with Crippen molar-refractivity contribution in [2.24, 2.45) is 0 Å². The van der Waals surface area contributed by atoms with Crippen LogP contribution in [0.1, 0.15) is 6.42 Å². The van der Waals surface area contributed by atoms with Crippen molar-refractivity contribution in [2.45, 2.75) is 12.6 Å². The van der Waals surface area contributed by atoms with Gasteiger partial charge in [-0.1, -0.05) is 11.6 Å². The lowest BCUT2D eigenvalue weighted by molar-refractivity contribution is -0.139. The monoisotopic (exact) mass is 256 g/mol. The van der Waals surface area contributed by atoms with Crippen LogP contribution in [0.15, 0.2) is 6.33 Å². The number of aromatic nitrogens is 2. The number of alkyl halides is 3. The van der Waals surface area contributed by atoms with Gasteiger partial charge in [-0.2, -0.15) is 18.2 Å². The predicted molar refractivity (Wildman–Crippen MR) is 49.8 cm³/mol. The van der Waals surface area contributed by atoms with E-state index in [-0.39, 0.29) is 16.8 Å². The number of nitrogens with zero attached hydrogens (tertiary/aromatic N) is 2. The van der Waals surface area contributed by atoms with Gasteiger partial charge >= 0.3 is 6.18 Å². The Labute approximate surface area is 94.4 Å². The maximum atomic E-state index is 11.9. The topological polar surface area (TPSA) is 44.2 Å². The van der Waals surface area contributed by atoms with E-state index in [0.29, 0.717) is 0 Å². The van der Waals surface area contributed by atoms with Gasteiger partial charge in [0.1, 0.15) is 6.33 Å². The van der Waals surface area contributed by atoms with E-state index in [1.54, 1.807) is 0 Å². The lowest BCUT2D eigenvalue weighted by Crippen LogP contribution is -2.13. The minimum Gasteiger partial charge on any atom is -0.489 e.